The van der Waals surface area contributed by atoms with Crippen LogP contribution in [0.3, 0.4) is 0 Å². The third-order valence-corrected chi connectivity index (χ3v) is 6.86. The van der Waals surface area contributed by atoms with Crippen LogP contribution in [0.1, 0.15) is 69.6 Å². The first-order valence-corrected chi connectivity index (χ1v) is 9.22. The minimum absolute atomic E-state index is 0.246. The lowest BCUT2D eigenvalue weighted by molar-refractivity contribution is 0.0223. The maximum atomic E-state index is 6.40. The number of hydrogen-bond acceptors (Lipinski definition) is 2. The molecule has 4 rings (SSSR count). The molecule has 0 spiro atoms. The first-order valence-electron chi connectivity index (χ1n) is 9.22. The molecular formula is C21H30O2. The molecule has 2 bridgehead atoms. The second-order valence-electron chi connectivity index (χ2n) is 8.89. The van der Waals surface area contributed by atoms with E-state index in [0.29, 0.717) is 23.4 Å². The largest absolute Gasteiger partial charge is 0.496 e. The third kappa shape index (κ3) is 1.97. The number of benzene rings is 1. The van der Waals surface area contributed by atoms with Gasteiger partial charge in [0, 0.05) is 16.9 Å². The van der Waals surface area contributed by atoms with E-state index in [4.69, 9.17) is 9.47 Å². The molecule has 0 N–H and O–H groups in total. The zero-order valence-electron chi connectivity index (χ0n) is 15.2. The zero-order chi connectivity index (χ0) is 16.4. The molecule has 3 atom stereocenters. The molecule has 126 valence electrons. The van der Waals surface area contributed by atoms with Crippen molar-refractivity contribution in [2.45, 2.75) is 70.8 Å². The van der Waals surface area contributed by atoms with Crippen LogP contribution in [0.5, 0.6) is 5.75 Å². The minimum atomic E-state index is 0.246. The summed E-state index contributed by atoms with van der Waals surface area (Å²) in [6, 6.07) is 4.57. The van der Waals surface area contributed by atoms with Crippen LogP contribution in [0.25, 0.3) is 0 Å². The normalized spacial score (nSPS) is 34.2. The van der Waals surface area contributed by atoms with E-state index in [0.717, 1.165) is 18.8 Å². The summed E-state index contributed by atoms with van der Waals surface area (Å²) in [4.78, 5) is 0. The summed E-state index contributed by atoms with van der Waals surface area (Å²) in [5.41, 5.74) is 5.16. The predicted octanol–water partition coefficient (Wildman–Crippen LogP) is 4.84. The fraction of sp³-hybridized carbons (Fsp3) is 0.714. The second-order valence-corrected chi connectivity index (χ2v) is 8.89. The van der Waals surface area contributed by atoms with Crippen LogP contribution >= 0.6 is 0 Å². The Hall–Kier alpha value is -1.02. The van der Waals surface area contributed by atoms with Gasteiger partial charge >= 0.3 is 0 Å². The third-order valence-electron chi connectivity index (χ3n) is 6.86. The van der Waals surface area contributed by atoms with Crippen LogP contribution < -0.4 is 4.74 Å². The van der Waals surface area contributed by atoms with Gasteiger partial charge in [-0.25, -0.2) is 0 Å². The number of rotatable bonds is 2. The van der Waals surface area contributed by atoms with E-state index in [1.165, 1.54) is 30.4 Å². The number of hydrogen-bond donors (Lipinski definition) is 0. The molecule has 2 fully saturated rings. The Morgan fingerprint density at radius 2 is 2.00 bits per heavy atom. The zero-order valence-corrected chi connectivity index (χ0v) is 15.2. The number of fused-ring (bicyclic) bond motifs is 1. The highest BCUT2D eigenvalue weighted by Crippen LogP contribution is 2.62. The van der Waals surface area contributed by atoms with Crippen LogP contribution in [0.2, 0.25) is 0 Å². The van der Waals surface area contributed by atoms with Gasteiger partial charge < -0.3 is 9.47 Å². The molecule has 1 saturated carbocycles. The van der Waals surface area contributed by atoms with Gasteiger partial charge in [0.2, 0.25) is 0 Å². The molecular weight excluding hydrogens is 284 g/mol. The van der Waals surface area contributed by atoms with Crippen molar-refractivity contribution in [2.75, 3.05) is 13.7 Å². The highest BCUT2D eigenvalue weighted by atomic mass is 16.5. The highest BCUT2D eigenvalue weighted by molar-refractivity contribution is 5.53. The van der Waals surface area contributed by atoms with Crippen molar-refractivity contribution >= 4 is 0 Å². The molecule has 2 heteroatoms. The Balaban J connectivity index is 1.94. The quantitative estimate of drug-likeness (QED) is 0.778. The molecule has 1 aromatic rings. The van der Waals surface area contributed by atoms with Crippen molar-refractivity contribution in [1.29, 1.82) is 0 Å². The highest BCUT2D eigenvalue weighted by Gasteiger charge is 2.61. The van der Waals surface area contributed by atoms with Gasteiger partial charge in [-0.1, -0.05) is 40.2 Å². The lowest BCUT2D eigenvalue weighted by Crippen LogP contribution is -2.52. The number of methoxy groups -OCH3 is 1. The van der Waals surface area contributed by atoms with Crippen molar-refractivity contribution in [2.24, 2.45) is 11.3 Å². The molecule has 0 aromatic heterocycles. The molecule has 2 aliphatic carbocycles. The Bertz CT molecular complexity index is 631. The molecule has 1 aliphatic heterocycles. The van der Waals surface area contributed by atoms with Crippen LogP contribution in [0.15, 0.2) is 12.1 Å². The van der Waals surface area contributed by atoms with Crippen molar-refractivity contribution in [3.8, 4) is 5.75 Å². The molecule has 1 saturated heterocycles. The lowest BCUT2D eigenvalue weighted by atomic mass is 9.50. The molecule has 3 aliphatic rings. The average molecular weight is 314 g/mol. The summed E-state index contributed by atoms with van der Waals surface area (Å²) in [5.74, 6) is 2.22. The monoisotopic (exact) mass is 314 g/mol. The topological polar surface area (TPSA) is 18.5 Å². The predicted molar refractivity (Wildman–Crippen MR) is 93.3 cm³/mol. The van der Waals surface area contributed by atoms with Gasteiger partial charge in [-0.15, -0.1) is 0 Å². The van der Waals surface area contributed by atoms with Crippen molar-refractivity contribution in [3.05, 3.63) is 28.8 Å². The molecule has 2 nitrogen and oxygen atoms in total. The number of ether oxygens (including phenoxy) is 2. The van der Waals surface area contributed by atoms with E-state index in [1.54, 1.807) is 12.7 Å². The molecule has 0 amide bonds. The summed E-state index contributed by atoms with van der Waals surface area (Å²) < 4.78 is 12.1. The summed E-state index contributed by atoms with van der Waals surface area (Å²) in [5, 5.41) is 0. The first-order chi connectivity index (χ1) is 10.9. The Kier molecular flexibility index (Phi) is 3.36. The van der Waals surface area contributed by atoms with E-state index in [9.17, 15) is 0 Å². The van der Waals surface area contributed by atoms with Crippen LogP contribution in [-0.4, -0.2) is 19.8 Å². The summed E-state index contributed by atoms with van der Waals surface area (Å²) in [7, 11) is 1.80. The van der Waals surface area contributed by atoms with Gasteiger partial charge in [-0.2, -0.15) is 0 Å². The Morgan fingerprint density at radius 1 is 1.22 bits per heavy atom. The van der Waals surface area contributed by atoms with Gasteiger partial charge in [0.25, 0.3) is 0 Å². The smallest absolute Gasteiger partial charge is 0.122 e. The second kappa shape index (κ2) is 4.99. The minimum Gasteiger partial charge on any atom is -0.496 e. The lowest BCUT2D eigenvalue weighted by Gasteiger charge is -2.53. The Labute approximate surface area is 140 Å². The van der Waals surface area contributed by atoms with E-state index in [2.05, 4.69) is 39.8 Å². The average Bonchev–Trinajstić information content (AvgIpc) is 2.80. The summed E-state index contributed by atoms with van der Waals surface area (Å²) >= 11 is 0. The van der Waals surface area contributed by atoms with E-state index in [-0.39, 0.29) is 5.41 Å². The van der Waals surface area contributed by atoms with Gasteiger partial charge in [-0.05, 0) is 47.8 Å². The molecule has 23 heavy (non-hydrogen) atoms. The van der Waals surface area contributed by atoms with Crippen molar-refractivity contribution in [1.82, 2.24) is 0 Å². The van der Waals surface area contributed by atoms with E-state index < -0.39 is 0 Å². The van der Waals surface area contributed by atoms with Gasteiger partial charge in [0.1, 0.15) is 5.75 Å². The standard InChI is InChI=1S/C21H30O2/c1-13(2)18-14-11-17-19-20(3,4)9-6-10-21(19,12-23-17)15(14)7-8-16(18)22-5/h7-8,13,17,19H,6,9-12H2,1-5H3/t17-,19+,21+/m1/s1. The SMILES string of the molecule is COc1ccc2c(c1C(C)C)C[C@H]1OC[C@@]23CCCC(C)(C)[C@H]13. The molecule has 1 aromatic carbocycles. The van der Waals surface area contributed by atoms with Crippen molar-refractivity contribution < 1.29 is 9.47 Å². The van der Waals surface area contributed by atoms with Gasteiger partial charge in [0.15, 0.2) is 0 Å². The summed E-state index contributed by atoms with van der Waals surface area (Å²) in [6.45, 7) is 10.4. The van der Waals surface area contributed by atoms with Crippen LogP contribution in [0.4, 0.5) is 0 Å². The maximum absolute atomic E-state index is 6.40. The summed E-state index contributed by atoms with van der Waals surface area (Å²) in [6.07, 6.45) is 5.40. The van der Waals surface area contributed by atoms with Gasteiger partial charge in [-0.3, -0.25) is 0 Å². The first kappa shape index (κ1) is 15.5. The maximum Gasteiger partial charge on any atom is 0.122 e. The Morgan fingerprint density at radius 3 is 2.70 bits per heavy atom. The van der Waals surface area contributed by atoms with Crippen LogP contribution in [0, 0.1) is 11.3 Å². The van der Waals surface area contributed by atoms with Crippen molar-refractivity contribution in [3.63, 3.8) is 0 Å². The van der Waals surface area contributed by atoms with E-state index >= 15 is 0 Å². The van der Waals surface area contributed by atoms with Gasteiger partial charge in [0.05, 0.1) is 19.8 Å². The fourth-order valence-corrected chi connectivity index (χ4v) is 6.19. The van der Waals surface area contributed by atoms with E-state index in [1.807, 2.05) is 0 Å². The molecule has 0 radical (unpaired) electrons. The molecule has 1 heterocycles. The molecule has 0 unspecified atom stereocenters. The fourth-order valence-electron chi connectivity index (χ4n) is 6.19. The van der Waals surface area contributed by atoms with Crippen LogP contribution in [-0.2, 0) is 16.6 Å².